The molecule has 1 aromatic carbocycles. The fourth-order valence-corrected chi connectivity index (χ4v) is 1.89. The first kappa shape index (κ1) is 16.6. The van der Waals surface area contributed by atoms with E-state index in [1.54, 1.807) is 0 Å². The van der Waals surface area contributed by atoms with Crippen LogP contribution in [0.25, 0.3) is 11.1 Å². The second-order valence-corrected chi connectivity index (χ2v) is 4.34. The first-order valence-electron chi connectivity index (χ1n) is 6.32. The molecule has 2 rings (SSSR count). The highest BCUT2D eigenvalue weighted by Gasteiger charge is 2.31. The van der Waals surface area contributed by atoms with Gasteiger partial charge in [0.25, 0.3) is 0 Å². The van der Waals surface area contributed by atoms with Crippen LogP contribution in [0, 0.1) is 0 Å². The van der Waals surface area contributed by atoms with E-state index in [0.717, 1.165) is 12.1 Å². The summed E-state index contributed by atoms with van der Waals surface area (Å²) in [4.78, 5) is 15.8. The van der Waals surface area contributed by atoms with Crippen molar-refractivity contribution in [1.82, 2.24) is 4.98 Å². The van der Waals surface area contributed by atoms with Gasteiger partial charge in [-0.1, -0.05) is 12.1 Å². The Labute approximate surface area is 129 Å². The van der Waals surface area contributed by atoms with Gasteiger partial charge in [-0.3, -0.25) is 0 Å². The second-order valence-electron chi connectivity index (χ2n) is 4.34. The predicted molar refractivity (Wildman–Crippen MR) is 74.2 cm³/mol. The standard InChI is InChI=1S/C15H12F3NO4/c1-21-13-7-11(14(20)22-2)12(8-19-13)9-3-5-10(6-4-9)23-15(16,17)18/h3-8H,1-2H3. The number of rotatable bonds is 4. The number of ether oxygens (including phenoxy) is 3. The van der Waals surface area contributed by atoms with E-state index in [1.165, 1.54) is 38.6 Å². The summed E-state index contributed by atoms with van der Waals surface area (Å²) in [5.74, 6) is -0.759. The highest BCUT2D eigenvalue weighted by Crippen LogP contribution is 2.29. The summed E-state index contributed by atoms with van der Waals surface area (Å²) in [5.41, 5.74) is 1.06. The summed E-state index contributed by atoms with van der Waals surface area (Å²) in [6.07, 6.45) is -3.38. The van der Waals surface area contributed by atoms with Gasteiger partial charge in [0.05, 0.1) is 19.8 Å². The molecule has 0 N–H and O–H groups in total. The quantitative estimate of drug-likeness (QED) is 0.805. The highest BCUT2D eigenvalue weighted by atomic mass is 19.4. The number of hydrogen-bond donors (Lipinski definition) is 0. The van der Waals surface area contributed by atoms with Gasteiger partial charge in [-0.15, -0.1) is 13.2 Å². The zero-order valence-electron chi connectivity index (χ0n) is 12.2. The molecule has 0 saturated heterocycles. The predicted octanol–water partition coefficient (Wildman–Crippen LogP) is 3.44. The number of alkyl halides is 3. The van der Waals surface area contributed by atoms with Crippen molar-refractivity contribution >= 4 is 5.97 Å². The topological polar surface area (TPSA) is 57.7 Å². The number of nitrogens with zero attached hydrogens (tertiary/aromatic N) is 1. The Hall–Kier alpha value is -2.77. The zero-order valence-corrected chi connectivity index (χ0v) is 12.2. The van der Waals surface area contributed by atoms with Crippen molar-refractivity contribution in [3.8, 4) is 22.8 Å². The monoisotopic (exact) mass is 327 g/mol. The minimum Gasteiger partial charge on any atom is -0.481 e. The van der Waals surface area contributed by atoms with Crippen LogP contribution in [0.5, 0.6) is 11.6 Å². The number of benzene rings is 1. The molecule has 0 spiro atoms. The summed E-state index contributed by atoms with van der Waals surface area (Å²) >= 11 is 0. The molecule has 0 unspecified atom stereocenters. The van der Waals surface area contributed by atoms with Crippen LogP contribution in [0.1, 0.15) is 10.4 Å². The molecule has 0 aliphatic carbocycles. The van der Waals surface area contributed by atoms with Crippen LogP contribution in [0.3, 0.4) is 0 Å². The van der Waals surface area contributed by atoms with Gasteiger partial charge in [0.2, 0.25) is 5.88 Å². The summed E-state index contributed by atoms with van der Waals surface area (Å²) < 4.78 is 49.9. The molecule has 122 valence electrons. The summed E-state index contributed by atoms with van der Waals surface area (Å²) in [6.45, 7) is 0. The Morgan fingerprint density at radius 1 is 1.13 bits per heavy atom. The van der Waals surface area contributed by atoms with Crippen LogP contribution in [-0.4, -0.2) is 31.5 Å². The van der Waals surface area contributed by atoms with Gasteiger partial charge in [0.15, 0.2) is 0 Å². The zero-order chi connectivity index (χ0) is 17.0. The maximum absolute atomic E-state index is 12.2. The smallest absolute Gasteiger partial charge is 0.481 e. The van der Waals surface area contributed by atoms with E-state index in [-0.39, 0.29) is 17.2 Å². The Kier molecular flexibility index (Phi) is 4.73. The van der Waals surface area contributed by atoms with Gasteiger partial charge in [0.1, 0.15) is 5.75 Å². The van der Waals surface area contributed by atoms with Crippen molar-refractivity contribution in [3.05, 3.63) is 42.1 Å². The Balaban J connectivity index is 2.39. The van der Waals surface area contributed by atoms with Gasteiger partial charge < -0.3 is 14.2 Å². The van der Waals surface area contributed by atoms with Crippen molar-refractivity contribution in [2.24, 2.45) is 0 Å². The lowest BCUT2D eigenvalue weighted by Gasteiger charge is -2.11. The molecular weight excluding hydrogens is 315 g/mol. The molecule has 0 saturated carbocycles. The molecule has 0 atom stereocenters. The SMILES string of the molecule is COC(=O)c1cc(OC)ncc1-c1ccc(OC(F)(F)F)cc1. The van der Waals surface area contributed by atoms with E-state index in [1.807, 2.05) is 0 Å². The van der Waals surface area contributed by atoms with Gasteiger partial charge >= 0.3 is 12.3 Å². The van der Waals surface area contributed by atoms with Crippen molar-refractivity contribution in [1.29, 1.82) is 0 Å². The first-order valence-corrected chi connectivity index (χ1v) is 6.32. The third kappa shape index (κ3) is 4.12. The van der Waals surface area contributed by atoms with Gasteiger partial charge in [-0.25, -0.2) is 9.78 Å². The molecule has 5 nitrogen and oxygen atoms in total. The number of esters is 1. The lowest BCUT2D eigenvalue weighted by molar-refractivity contribution is -0.274. The van der Waals surface area contributed by atoms with Crippen LogP contribution in [0.2, 0.25) is 0 Å². The molecule has 1 aromatic heterocycles. The third-order valence-corrected chi connectivity index (χ3v) is 2.89. The maximum Gasteiger partial charge on any atom is 0.573 e. The minimum absolute atomic E-state index is 0.184. The highest BCUT2D eigenvalue weighted by molar-refractivity contribution is 5.97. The summed E-state index contributed by atoms with van der Waals surface area (Å²) in [5, 5.41) is 0. The van der Waals surface area contributed by atoms with Crippen LogP contribution in [0.4, 0.5) is 13.2 Å². The molecule has 1 heterocycles. The minimum atomic E-state index is -4.76. The van der Waals surface area contributed by atoms with Crippen LogP contribution >= 0.6 is 0 Å². The number of carbonyl (C=O) groups is 1. The lowest BCUT2D eigenvalue weighted by Crippen LogP contribution is -2.16. The Morgan fingerprint density at radius 2 is 1.78 bits per heavy atom. The Morgan fingerprint density at radius 3 is 2.30 bits per heavy atom. The molecule has 0 radical (unpaired) electrons. The first-order chi connectivity index (χ1) is 10.8. The average Bonchev–Trinajstić information content (AvgIpc) is 2.53. The molecule has 0 amide bonds. The summed E-state index contributed by atoms with van der Waals surface area (Å²) in [6, 6.07) is 6.46. The number of hydrogen-bond acceptors (Lipinski definition) is 5. The molecule has 0 bridgehead atoms. The van der Waals surface area contributed by atoms with Crippen molar-refractivity contribution in [2.75, 3.05) is 14.2 Å². The van der Waals surface area contributed by atoms with E-state index in [0.29, 0.717) is 11.1 Å². The van der Waals surface area contributed by atoms with Gasteiger partial charge in [-0.2, -0.15) is 0 Å². The van der Waals surface area contributed by atoms with E-state index in [4.69, 9.17) is 9.47 Å². The molecule has 2 aromatic rings. The van der Waals surface area contributed by atoms with Gasteiger partial charge in [-0.05, 0) is 17.7 Å². The Bertz CT molecular complexity index is 699. The second kappa shape index (κ2) is 6.55. The number of pyridine rings is 1. The van der Waals surface area contributed by atoms with Crippen LogP contribution in [0.15, 0.2) is 36.5 Å². The number of methoxy groups -OCH3 is 2. The normalized spacial score (nSPS) is 11.0. The fraction of sp³-hybridized carbons (Fsp3) is 0.200. The largest absolute Gasteiger partial charge is 0.573 e. The average molecular weight is 327 g/mol. The van der Waals surface area contributed by atoms with Crippen LogP contribution < -0.4 is 9.47 Å². The number of aromatic nitrogens is 1. The number of halogens is 3. The fourth-order valence-electron chi connectivity index (χ4n) is 1.89. The van der Waals surface area contributed by atoms with E-state index in [9.17, 15) is 18.0 Å². The lowest BCUT2D eigenvalue weighted by atomic mass is 10.0. The molecular formula is C15H12F3NO4. The van der Waals surface area contributed by atoms with E-state index < -0.39 is 12.3 Å². The van der Waals surface area contributed by atoms with Crippen molar-refractivity contribution in [3.63, 3.8) is 0 Å². The van der Waals surface area contributed by atoms with E-state index >= 15 is 0 Å². The van der Waals surface area contributed by atoms with E-state index in [2.05, 4.69) is 9.72 Å². The maximum atomic E-state index is 12.2. The summed E-state index contributed by atoms with van der Waals surface area (Å²) in [7, 11) is 2.62. The molecule has 8 heteroatoms. The molecule has 23 heavy (non-hydrogen) atoms. The van der Waals surface area contributed by atoms with Crippen molar-refractivity contribution < 1.29 is 32.2 Å². The molecule has 0 aliphatic heterocycles. The molecule has 0 fully saturated rings. The third-order valence-electron chi connectivity index (χ3n) is 2.89. The van der Waals surface area contributed by atoms with Gasteiger partial charge in [0, 0.05) is 17.8 Å². The van der Waals surface area contributed by atoms with Crippen molar-refractivity contribution in [2.45, 2.75) is 6.36 Å². The number of carbonyl (C=O) groups excluding carboxylic acids is 1. The molecule has 0 aliphatic rings. The van der Waals surface area contributed by atoms with Crippen LogP contribution in [-0.2, 0) is 4.74 Å².